The zero-order valence-corrected chi connectivity index (χ0v) is 18.3. The van der Waals surface area contributed by atoms with E-state index < -0.39 is 16.1 Å². The van der Waals surface area contributed by atoms with Crippen molar-refractivity contribution in [3.05, 3.63) is 12.2 Å². The van der Waals surface area contributed by atoms with Crippen molar-refractivity contribution in [2.75, 3.05) is 13.2 Å². The van der Waals surface area contributed by atoms with E-state index in [9.17, 15) is 4.79 Å². The fourth-order valence-electron chi connectivity index (χ4n) is 3.80. The van der Waals surface area contributed by atoms with Gasteiger partial charge in [-0.2, -0.15) is 0 Å². The Morgan fingerprint density at radius 1 is 1.09 bits per heavy atom. The Balaban J connectivity index is 2.59. The molecule has 23 heavy (non-hydrogen) atoms. The number of carbonyl (C=O) groups excluding carboxylic acids is 1. The first-order valence-electron chi connectivity index (χ1n) is 9.16. The Morgan fingerprint density at radius 3 is 2.04 bits per heavy atom. The third-order valence-corrected chi connectivity index (χ3v) is 10.1. The number of rotatable bonds is 8. The maximum Gasteiger partial charge on any atom is 0.330 e. The second-order valence-electron chi connectivity index (χ2n) is 8.88. The quantitative estimate of drug-likeness (QED) is 0.278. The third-order valence-electron chi connectivity index (χ3n) is 4.84. The van der Waals surface area contributed by atoms with Gasteiger partial charge in [0.05, 0.1) is 22.8 Å². The van der Waals surface area contributed by atoms with Crippen LogP contribution in [0, 0.1) is 0 Å². The Kier molecular flexibility index (Phi) is 7.75. The van der Waals surface area contributed by atoms with E-state index in [1.165, 1.54) is 19.4 Å². The number of hydrogen-bond acceptors (Lipinski definition) is 3. The van der Waals surface area contributed by atoms with Gasteiger partial charge in [-0.05, 0) is 39.2 Å². The summed E-state index contributed by atoms with van der Waals surface area (Å²) < 4.78 is 4.92. The summed E-state index contributed by atoms with van der Waals surface area (Å²) in [6.07, 6.45) is 8.44. The van der Waals surface area contributed by atoms with Gasteiger partial charge in [0.2, 0.25) is 0 Å². The fourth-order valence-corrected chi connectivity index (χ4v) is 8.62. The molecule has 3 nitrogen and oxygen atoms in total. The lowest BCUT2D eigenvalue weighted by Gasteiger charge is -2.41. The molecule has 0 radical (unpaired) electrons. The molecule has 1 saturated heterocycles. The Hall–Kier alpha value is -0.396. The first-order valence-corrected chi connectivity index (χ1v) is 16.3. The predicted molar refractivity (Wildman–Crippen MR) is 105 cm³/mol. The zero-order valence-electron chi connectivity index (χ0n) is 16.3. The van der Waals surface area contributed by atoms with E-state index in [0.29, 0.717) is 6.61 Å². The van der Waals surface area contributed by atoms with Crippen molar-refractivity contribution in [3.8, 4) is 0 Å². The Labute approximate surface area is 145 Å². The van der Waals surface area contributed by atoms with Crippen molar-refractivity contribution in [3.63, 3.8) is 0 Å². The molecule has 1 aliphatic heterocycles. The van der Waals surface area contributed by atoms with Crippen molar-refractivity contribution < 1.29 is 9.53 Å². The molecule has 0 aromatic heterocycles. The first kappa shape index (κ1) is 20.6. The number of ether oxygens (including phenoxy) is 1. The standard InChI is InChI=1S/C18H37NO2Si2/c1-8-21-18(20)12-10-9-11-15-19-16(22(2,3)4)13-14-17(19)23(5,6)7/h10,12,16-17H,8-9,11,13-15H2,1-7H3/b12-10+. The lowest BCUT2D eigenvalue weighted by Crippen LogP contribution is -2.56. The van der Waals surface area contributed by atoms with E-state index in [4.69, 9.17) is 4.74 Å². The number of nitrogens with zero attached hydrogens (tertiary/aromatic N) is 1. The summed E-state index contributed by atoms with van der Waals surface area (Å²) in [5.74, 6) is -0.214. The molecule has 0 bridgehead atoms. The molecule has 2 unspecified atom stereocenters. The smallest absolute Gasteiger partial charge is 0.330 e. The number of likely N-dealkylation sites (tertiary alicyclic amines) is 1. The number of hydrogen-bond donors (Lipinski definition) is 0. The van der Waals surface area contributed by atoms with Crippen LogP contribution in [0.25, 0.3) is 0 Å². The molecule has 0 saturated carbocycles. The topological polar surface area (TPSA) is 29.5 Å². The lowest BCUT2D eigenvalue weighted by atomic mass is 10.2. The number of unbranched alkanes of at least 4 members (excludes halogenated alkanes) is 1. The summed E-state index contributed by atoms with van der Waals surface area (Å²) in [7, 11) is -2.30. The summed E-state index contributed by atoms with van der Waals surface area (Å²) >= 11 is 0. The highest BCUT2D eigenvalue weighted by Gasteiger charge is 2.44. The maximum atomic E-state index is 11.3. The minimum Gasteiger partial charge on any atom is -0.463 e. The molecule has 1 rings (SSSR count). The minimum atomic E-state index is -1.15. The highest BCUT2D eigenvalue weighted by atomic mass is 28.3. The van der Waals surface area contributed by atoms with Crippen LogP contribution in [-0.2, 0) is 9.53 Å². The highest BCUT2D eigenvalue weighted by Crippen LogP contribution is 2.35. The molecule has 134 valence electrons. The molecule has 0 amide bonds. The fraction of sp³-hybridized carbons (Fsp3) is 0.833. The second kappa shape index (κ2) is 8.63. The largest absolute Gasteiger partial charge is 0.463 e. The van der Waals surface area contributed by atoms with Crippen LogP contribution >= 0.6 is 0 Å². The van der Waals surface area contributed by atoms with Gasteiger partial charge in [0.1, 0.15) is 0 Å². The summed E-state index contributed by atoms with van der Waals surface area (Å²) in [5.41, 5.74) is 1.65. The van der Waals surface area contributed by atoms with Crippen molar-refractivity contribution >= 4 is 22.1 Å². The molecular formula is C18H37NO2Si2. The molecule has 0 N–H and O–H groups in total. The highest BCUT2D eigenvalue weighted by molar-refractivity contribution is 6.79. The molecule has 1 aliphatic rings. The van der Waals surface area contributed by atoms with E-state index in [1.807, 2.05) is 13.0 Å². The van der Waals surface area contributed by atoms with Crippen molar-refractivity contribution in [2.45, 2.75) is 83.2 Å². The van der Waals surface area contributed by atoms with Crippen LogP contribution in [0.15, 0.2) is 12.2 Å². The maximum absolute atomic E-state index is 11.3. The first-order chi connectivity index (χ1) is 10.6. The summed E-state index contributed by atoms with van der Waals surface area (Å²) in [4.78, 5) is 14.2. The van der Waals surface area contributed by atoms with Crippen molar-refractivity contribution in [1.29, 1.82) is 0 Å². The van der Waals surface area contributed by atoms with E-state index >= 15 is 0 Å². The summed E-state index contributed by atoms with van der Waals surface area (Å²) in [6, 6.07) is 0. The molecule has 1 heterocycles. The van der Waals surface area contributed by atoms with Crippen LogP contribution in [-0.4, -0.2) is 51.5 Å². The van der Waals surface area contributed by atoms with Gasteiger partial charge in [0.25, 0.3) is 0 Å². The SMILES string of the molecule is CCOC(=O)/C=C/CCCN1C([Si](C)(C)C)CCC1[Si](C)(C)C. The summed E-state index contributed by atoms with van der Waals surface area (Å²) in [5, 5.41) is 0. The van der Waals surface area contributed by atoms with Gasteiger partial charge in [-0.15, -0.1) is 0 Å². The molecule has 2 atom stereocenters. The van der Waals surface area contributed by atoms with Gasteiger partial charge >= 0.3 is 5.97 Å². The molecular weight excluding hydrogens is 318 g/mol. The molecule has 0 aliphatic carbocycles. The molecule has 0 aromatic carbocycles. The minimum absolute atomic E-state index is 0.214. The van der Waals surface area contributed by atoms with Crippen LogP contribution in [0.5, 0.6) is 0 Å². The van der Waals surface area contributed by atoms with Crippen LogP contribution in [0.2, 0.25) is 39.3 Å². The Morgan fingerprint density at radius 2 is 1.61 bits per heavy atom. The molecule has 0 spiro atoms. The Bertz CT molecular complexity index is 388. The van der Waals surface area contributed by atoms with Crippen LogP contribution < -0.4 is 0 Å². The third kappa shape index (κ3) is 6.55. The zero-order chi connectivity index (χ0) is 17.7. The molecule has 1 fully saturated rings. The van der Waals surface area contributed by atoms with E-state index in [1.54, 1.807) is 6.08 Å². The van der Waals surface area contributed by atoms with Gasteiger partial charge in [-0.3, -0.25) is 0 Å². The van der Waals surface area contributed by atoms with E-state index in [2.05, 4.69) is 44.2 Å². The van der Waals surface area contributed by atoms with Gasteiger partial charge in [0, 0.05) is 17.4 Å². The predicted octanol–water partition coefficient (Wildman–Crippen LogP) is 4.47. The lowest BCUT2D eigenvalue weighted by molar-refractivity contribution is -0.137. The average molecular weight is 356 g/mol. The van der Waals surface area contributed by atoms with Crippen LogP contribution in [0.4, 0.5) is 0 Å². The monoisotopic (exact) mass is 355 g/mol. The molecule has 5 heteroatoms. The normalized spacial score (nSPS) is 23.6. The molecule has 0 aromatic rings. The summed E-state index contributed by atoms with van der Waals surface area (Å²) in [6.45, 7) is 18.5. The average Bonchev–Trinajstić information content (AvgIpc) is 2.82. The van der Waals surface area contributed by atoms with E-state index in [0.717, 1.165) is 24.2 Å². The van der Waals surface area contributed by atoms with Crippen LogP contribution in [0.3, 0.4) is 0 Å². The van der Waals surface area contributed by atoms with Crippen LogP contribution in [0.1, 0.15) is 32.6 Å². The van der Waals surface area contributed by atoms with E-state index in [-0.39, 0.29) is 5.97 Å². The van der Waals surface area contributed by atoms with Gasteiger partial charge in [-0.1, -0.05) is 45.4 Å². The number of carbonyl (C=O) groups is 1. The van der Waals surface area contributed by atoms with Gasteiger partial charge < -0.3 is 9.64 Å². The van der Waals surface area contributed by atoms with Crippen molar-refractivity contribution in [2.24, 2.45) is 0 Å². The van der Waals surface area contributed by atoms with Crippen molar-refractivity contribution in [1.82, 2.24) is 4.90 Å². The number of esters is 1. The number of allylic oxidation sites excluding steroid dienone is 1. The van der Waals surface area contributed by atoms with Gasteiger partial charge in [-0.25, -0.2) is 4.79 Å². The second-order valence-corrected chi connectivity index (χ2v) is 19.7. The van der Waals surface area contributed by atoms with Gasteiger partial charge in [0.15, 0.2) is 0 Å².